The average Bonchev–Trinajstić information content (AvgIpc) is 2.30. The molecule has 0 fully saturated rings. The van der Waals surface area contributed by atoms with Crippen LogP contribution < -0.4 is 4.72 Å². The summed E-state index contributed by atoms with van der Waals surface area (Å²) in [6, 6.07) is 4.55. The Balaban J connectivity index is 3.00. The number of sulfonamides is 1. The highest BCUT2D eigenvalue weighted by atomic mass is 79.9. The van der Waals surface area contributed by atoms with Gasteiger partial charge in [-0.05, 0) is 41.1 Å². The Bertz CT molecular complexity index is 600. The van der Waals surface area contributed by atoms with Gasteiger partial charge in [-0.15, -0.1) is 0 Å². The van der Waals surface area contributed by atoms with Gasteiger partial charge >= 0.3 is 5.97 Å². The number of hydrogen-bond donors (Lipinski definition) is 3. The van der Waals surface area contributed by atoms with Gasteiger partial charge in [0.2, 0.25) is 10.0 Å². The molecule has 19 heavy (non-hydrogen) atoms. The maximum atomic E-state index is 12.0. The van der Waals surface area contributed by atoms with E-state index < -0.39 is 28.1 Å². The van der Waals surface area contributed by atoms with E-state index in [1.165, 1.54) is 12.1 Å². The fourth-order valence-corrected chi connectivity index (χ4v) is 3.70. The van der Waals surface area contributed by atoms with E-state index in [0.717, 1.165) is 6.92 Å². The second kappa shape index (κ2) is 5.88. The maximum absolute atomic E-state index is 12.0. The van der Waals surface area contributed by atoms with Gasteiger partial charge in [0.1, 0.15) is 0 Å². The summed E-state index contributed by atoms with van der Waals surface area (Å²) >= 11 is 6.24. The molecule has 1 rings (SSSR count). The molecule has 0 heterocycles. The van der Waals surface area contributed by atoms with E-state index in [4.69, 9.17) is 5.11 Å². The Morgan fingerprint density at radius 3 is 2.53 bits per heavy atom. The van der Waals surface area contributed by atoms with E-state index in [1.807, 2.05) is 0 Å². The minimum Gasteiger partial charge on any atom is -0.479 e. The summed E-state index contributed by atoms with van der Waals surface area (Å²) in [6.45, 7) is 0.372. The van der Waals surface area contributed by atoms with Gasteiger partial charge < -0.3 is 10.2 Å². The average molecular weight is 417 g/mol. The molecule has 0 saturated carbocycles. The standard InChI is InChI=1S/C10H11Br2NO5S/c1-10(16,9(14)15)5-13-19(17,18)8-4-6(11)2-3-7(8)12/h2-4,13,16H,5H2,1H3,(H,14,15). The summed E-state index contributed by atoms with van der Waals surface area (Å²) < 4.78 is 27.0. The first kappa shape index (κ1) is 16.6. The second-order valence-electron chi connectivity index (χ2n) is 3.98. The molecule has 1 atom stereocenters. The van der Waals surface area contributed by atoms with Gasteiger partial charge in [0.25, 0.3) is 0 Å². The van der Waals surface area contributed by atoms with Crippen LogP contribution in [0.1, 0.15) is 6.92 Å². The highest BCUT2D eigenvalue weighted by Gasteiger charge is 2.32. The van der Waals surface area contributed by atoms with Crippen LogP contribution in [0.2, 0.25) is 0 Å². The van der Waals surface area contributed by atoms with Crippen LogP contribution in [0.25, 0.3) is 0 Å². The van der Waals surface area contributed by atoms with Crippen LogP contribution in [0.15, 0.2) is 32.0 Å². The Hall–Kier alpha value is -0.480. The summed E-state index contributed by atoms with van der Waals surface area (Å²) in [6.07, 6.45) is 0. The lowest BCUT2D eigenvalue weighted by molar-refractivity contribution is -0.155. The van der Waals surface area contributed by atoms with Crippen LogP contribution in [0.3, 0.4) is 0 Å². The molecule has 1 aromatic rings. The van der Waals surface area contributed by atoms with Crippen molar-refractivity contribution in [2.75, 3.05) is 6.54 Å². The summed E-state index contributed by atoms with van der Waals surface area (Å²) in [7, 11) is -3.93. The predicted octanol–water partition coefficient (Wildman–Crippen LogP) is 1.33. The number of hydrogen-bond acceptors (Lipinski definition) is 4. The zero-order valence-corrected chi connectivity index (χ0v) is 13.7. The SMILES string of the molecule is CC(O)(CNS(=O)(=O)c1cc(Br)ccc1Br)C(=O)O. The van der Waals surface area contributed by atoms with E-state index in [9.17, 15) is 18.3 Å². The third-order valence-electron chi connectivity index (χ3n) is 2.25. The lowest BCUT2D eigenvalue weighted by Gasteiger charge is -2.18. The van der Waals surface area contributed by atoms with Crippen molar-refractivity contribution in [3.63, 3.8) is 0 Å². The molecule has 0 radical (unpaired) electrons. The molecule has 0 aliphatic carbocycles. The van der Waals surface area contributed by atoms with Crippen molar-refractivity contribution < 1.29 is 23.4 Å². The highest BCUT2D eigenvalue weighted by Crippen LogP contribution is 2.25. The summed E-state index contributed by atoms with van der Waals surface area (Å²) in [5, 5.41) is 18.2. The van der Waals surface area contributed by atoms with Crippen LogP contribution in [-0.4, -0.2) is 36.7 Å². The molecule has 0 aliphatic rings. The Morgan fingerprint density at radius 2 is 2.00 bits per heavy atom. The number of carbonyl (C=O) groups is 1. The van der Waals surface area contributed by atoms with E-state index in [2.05, 4.69) is 36.6 Å². The molecule has 6 nitrogen and oxygen atoms in total. The van der Waals surface area contributed by atoms with Crippen molar-refractivity contribution in [3.8, 4) is 0 Å². The van der Waals surface area contributed by atoms with Gasteiger partial charge in [-0.25, -0.2) is 17.9 Å². The van der Waals surface area contributed by atoms with Crippen LogP contribution in [0.5, 0.6) is 0 Å². The molecule has 9 heteroatoms. The molecule has 0 amide bonds. The Kier molecular flexibility index (Phi) is 5.13. The molecule has 1 unspecified atom stereocenters. The van der Waals surface area contributed by atoms with Crippen LogP contribution in [0, 0.1) is 0 Å². The zero-order valence-electron chi connectivity index (χ0n) is 9.72. The van der Waals surface area contributed by atoms with Gasteiger partial charge in [0, 0.05) is 8.95 Å². The van der Waals surface area contributed by atoms with Gasteiger partial charge in [-0.1, -0.05) is 15.9 Å². The third-order valence-corrected chi connectivity index (χ3v) is 5.14. The monoisotopic (exact) mass is 415 g/mol. The Labute approximate surface area is 127 Å². The molecule has 0 spiro atoms. The lowest BCUT2D eigenvalue weighted by Crippen LogP contribution is -2.46. The first-order valence-corrected chi connectivity index (χ1v) is 8.04. The molecule has 0 aliphatic heterocycles. The van der Waals surface area contributed by atoms with Crippen molar-refractivity contribution in [2.24, 2.45) is 0 Å². The highest BCUT2D eigenvalue weighted by molar-refractivity contribution is 9.11. The molecular formula is C10H11Br2NO5S. The third kappa shape index (κ3) is 4.25. The zero-order chi connectivity index (χ0) is 14.8. The number of nitrogens with one attached hydrogen (secondary N) is 1. The van der Waals surface area contributed by atoms with Crippen molar-refractivity contribution in [1.29, 1.82) is 0 Å². The number of halogens is 2. The van der Waals surface area contributed by atoms with Crippen molar-refractivity contribution in [1.82, 2.24) is 4.72 Å². The molecule has 0 aromatic heterocycles. The van der Waals surface area contributed by atoms with Crippen molar-refractivity contribution in [2.45, 2.75) is 17.4 Å². The van der Waals surface area contributed by atoms with Gasteiger partial charge in [0.15, 0.2) is 5.60 Å². The summed E-state index contributed by atoms with van der Waals surface area (Å²) in [4.78, 5) is 10.6. The Morgan fingerprint density at radius 1 is 1.42 bits per heavy atom. The van der Waals surface area contributed by atoms with Gasteiger partial charge in [-0.3, -0.25) is 0 Å². The molecular weight excluding hydrogens is 406 g/mol. The smallest absolute Gasteiger partial charge is 0.336 e. The van der Waals surface area contributed by atoms with E-state index in [0.29, 0.717) is 8.95 Å². The fourth-order valence-electron chi connectivity index (χ4n) is 1.07. The molecule has 106 valence electrons. The number of rotatable bonds is 5. The first-order valence-electron chi connectivity index (χ1n) is 4.97. The van der Waals surface area contributed by atoms with Crippen LogP contribution >= 0.6 is 31.9 Å². The lowest BCUT2D eigenvalue weighted by atomic mass is 10.1. The van der Waals surface area contributed by atoms with E-state index in [-0.39, 0.29) is 4.90 Å². The van der Waals surface area contributed by atoms with Crippen LogP contribution in [-0.2, 0) is 14.8 Å². The number of carboxylic acids is 1. The normalized spacial score (nSPS) is 14.9. The topological polar surface area (TPSA) is 104 Å². The molecule has 1 aromatic carbocycles. The van der Waals surface area contributed by atoms with Crippen molar-refractivity contribution in [3.05, 3.63) is 27.1 Å². The molecule has 0 bridgehead atoms. The van der Waals surface area contributed by atoms with Gasteiger partial charge in [-0.2, -0.15) is 0 Å². The number of benzene rings is 1. The minimum absolute atomic E-state index is 0.0527. The van der Waals surface area contributed by atoms with Crippen LogP contribution in [0.4, 0.5) is 0 Å². The van der Waals surface area contributed by atoms with Gasteiger partial charge in [0.05, 0.1) is 11.4 Å². The number of carboxylic acid groups (broad SMARTS) is 1. The number of aliphatic carboxylic acids is 1. The fraction of sp³-hybridized carbons (Fsp3) is 0.300. The van der Waals surface area contributed by atoms with Crippen molar-refractivity contribution >= 4 is 47.9 Å². The number of aliphatic hydroxyl groups is 1. The molecule has 3 N–H and O–H groups in total. The maximum Gasteiger partial charge on any atom is 0.336 e. The quantitative estimate of drug-likeness (QED) is 0.671. The first-order chi connectivity index (χ1) is 8.56. The summed E-state index contributed by atoms with van der Waals surface area (Å²) in [5.74, 6) is -1.51. The summed E-state index contributed by atoms with van der Waals surface area (Å²) in [5.41, 5.74) is -2.18. The predicted molar refractivity (Wildman–Crippen MR) is 75.3 cm³/mol. The minimum atomic E-state index is -3.93. The largest absolute Gasteiger partial charge is 0.479 e. The van der Waals surface area contributed by atoms with E-state index in [1.54, 1.807) is 6.07 Å². The second-order valence-corrected chi connectivity index (χ2v) is 7.48. The van der Waals surface area contributed by atoms with E-state index >= 15 is 0 Å². The molecule has 0 saturated heterocycles.